The Labute approximate surface area is 126 Å². The highest BCUT2D eigenvalue weighted by molar-refractivity contribution is 7.89. The third kappa shape index (κ3) is 6.23. The second-order valence-electron chi connectivity index (χ2n) is 5.27. The van der Waals surface area contributed by atoms with Crippen LogP contribution in [0.1, 0.15) is 18.7 Å². The molecule has 0 aliphatic rings. The minimum atomic E-state index is -3.20. The molecule has 1 rings (SSSR count). The Hall–Kier alpha value is -0.140. The van der Waals surface area contributed by atoms with Gasteiger partial charge in [0.05, 0.1) is 5.75 Å². The van der Waals surface area contributed by atoms with Crippen molar-refractivity contribution >= 4 is 33.8 Å². The molecule has 1 heterocycles. The Morgan fingerprint density at radius 3 is 2.53 bits per heavy atom. The number of hydrogen-bond acceptors (Lipinski definition) is 4. The fraction of sp³-hybridized carbons (Fsp3) is 0.667. The molecule has 0 radical (unpaired) electrons. The summed E-state index contributed by atoms with van der Waals surface area (Å²) in [7, 11) is -1.57. The molecule has 0 amide bonds. The Balaban J connectivity index is 0.00000324. The SMILES string of the molecule is CN(CC(C)(C)CN)S(=O)(=O)CCc1cccs1.Cl. The van der Waals surface area contributed by atoms with Crippen LogP contribution in [-0.2, 0) is 16.4 Å². The van der Waals surface area contributed by atoms with Crippen molar-refractivity contribution < 1.29 is 8.42 Å². The Morgan fingerprint density at radius 2 is 2.05 bits per heavy atom. The highest BCUT2D eigenvalue weighted by atomic mass is 35.5. The number of nitrogens with zero attached hydrogens (tertiary/aromatic N) is 1. The quantitative estimate of drug-likeness (QED) is 0.833. The molecule has 112 valence electrons. The van der Waals surface area contributed by atoms with Crippen molar-refractivity contribution in [1.29, 1.82) is 0 Å². The van der Waals surface area contributed by atoms with Crippen molar-refractivity contribution in [2.45, 2.75) is 20.3 Å². The van der Waals surface area contributed by atoms with E-state index in [-0.39, 0.29) is 23.6 Å². The van der Waals surface area contributed by atoms with Gasteiger partial charge in [0, 0.05) is 18.5 Å². The van der Waals surface area contributed by atoms with Crippen LogP contribution in [-0.4, -0.2) is 38.6 Å². The first-order valence-electron chi connectivity index (χ1n) is 5.93. The molecule has 19 heavy (non-hydrogen) atoms. The van der Waals surface area contributed by atoms with Crippen molar-refractivity contribution in [2.24, 2.45) is 11.1 Å². The van der Waals surface area contributed by atoms with E-state index in [2.05, 4.69) is 0 Å². The molecule has 0 aliphatic heterocycles. The summed E-state index contributed by atoms with van der Waals surface area (Å²) in [4.78, 5) is 1.10. The van der Waals surface area contributed by atoms with Gasteiger partial charge >= 0.3 is 0 Å². The summed E-state index contributed by atoms with van der Waals surface area (Å²) in [6.45, 7) is 4.87. The summed E-state index contributed by atoms with van der Waals surface area (Å²) in [6.07, 6.45) is 0.577. The maximum Gasteiger partial charge on any atom is 0.214 e. The van der Waals surface area contributed by atoms with Gasteiger partial charge in [0.15, 0.2) is 0 Å². The van der Waals surface area contributed by atoms with Gasteiger partial charge in [-0.2, -0.15) is 0 Å². The lowest BCUT2D eigenvalue weighted by Gasteiger charge is -2.28. The van der Waals surface area contributed by atoms with Crippen LogP contribution >= 0.6 is 23.7 Å². The first kappa shape index (κ1) is 18.9. The van der Waals surface area contributed by atoms with E-state index in [9.17, 15) is 8.42 Å². The van der Waals surface area contributed by atoms with Crippen LogP contribution in [0.2, 0.25) is 0 Å². The number of sulfonamides is 1. The molecule has 1 aromatic heterocycles. The molecular weight excluding hydrogens is 304 g/mol. The largest absolute Gasteiger partial charge is 0.330 e. The Bertz CT molecular complexity index is 458. The number of thiophene rings is 1. The average Bonchev–Trinajstić information content (AvgIpc) is 2.79. The maximum absolute atomic E-state index is 12.1. The van der Waals surface area contributed by atoms with Gasteiger partial charge in [-0.15, -0.1) is 23.7 Å². The molecular formula is C12H23ClN2O2S2. The molecule has 0 spiro atoms. The van der Waals surface area contributed by atoms with Crippen molar-refractivity contribution in [3.63, 3.8) is 0 Å². The second kappa shape index (κ2) is 7.59. The molecule has 2 N–H and O–H groups in total. The molecule has 0 bridgehead atoms. The van der Waals surface area contributed by atoms with Gasteiger partial charge in [-0.25, -0.2) is 12.7 Å². The van der Waals surface area contributed by atoms with Crippen LogP contribution in [0.4, 0.5) is 0 Å². The van der Waals surface area contributed by atoms with Crippen molar-refractivity contribution in [1.82, 2.24) is 4.31 Å². The first-order valence-corrected chi connectivity index (χ1v) is 8.42. The monoisotopic (exact) mass is 326 g/mol. The number of aryl methyl sites for hydroxylation is 1. The minimum Gasteiger partial charge on any atom is -0.330 e. The molecule has 4 nitrogen and oxygen atoms in total. The van der Waals surface area contributed by atoms with E-state index in [4.69, 9.17) is 5.73 Å². The van der Waals surface area contributed by atoms with Crippen LogP contribution in [0, 0.1) is 5.41 Å². The number of nitrogens with two attached hydrogens (primary N) is 1. The second-order valence-corrected chi connectivity index (χ2v) is 8.50. The zero-order valence-corrected chi connectivity index (χ0v) is 14.1. The molecule has 7 heteroatoms. The van der Waals surface area contributed by atoms with Crippen LogP contribution in [0.5, 0.6) is 0 Å². The summed E-state index contributed by atoms with van der Waals surface area (Å²) in [5.74, 6) is 0.157. The Morgan fingerprint density at radius 1 is 1.42 bits per heavy atom. The third-order valence-corrected chi connectivity index (χ3v) is 5.60. The molecule has 0 atom stereocenters. The van der Waals surface area contributed by atoms with E-state index in [1.165, 1.54) is 4.31 Å². The number of hydrogen-bond donors (Lipinski definition) is 1. The van der Waals surface area contributed by atoms with Crippen molar-refractivity contribution in [2.75, 3.05) is 25.9 Å². The van der Waals surface area contributed by atoms with Crippen LogP contribution in [0.3, 0.4) is 0 Å². The van der Waals surface area contributed by atoms with E-state index in [0.717, 1.165) is 4.88 Å². The molecule has 1 aromatic rings. The van der Waals surface area contributed by atoms with Crippen molar-refractivity contribution in [3.05, 3.63) is 22.4 Å². The number of halogens is 1. The van der Waals surface area contributed by atoms with Crippen molar-refractivity contribution in [3.8, 4) is 0 Å². The van der Waals surface area contributed by atoms with E-state index in [0.29, 0.717) is 19.5 Å². The van der Waals surface area contributed by atoms with Crippen LogP contribution in [0.25, 0.3) is 0 Å². The third-order valence-electron chi connectivity index (χ3n) is 2.86. The lowest BCUT2D eigenvalue weighted by atomic mass is 9.94. The first-order chi connectivity index (χ1) is 8.27. The highest BCUT2D eigenvalue weighted by Gasteiger charge is 2.25. The lowest BCUT2D eigenvalue weighted by Crippen LogP contribution is -2.40. The van der Waals surface area contributed by atoms with Gasteiger partial charge in [0.1, 0.15) is 0 Å². The fourth-order valence-electron chi connectivity index (χ4n) is 1.61. The number of rotatable bonds is 7. The summed E-state index contributed by atoms with van der Waals surface area (Å²) >= 11 is 1.59. The van der Waals surface area contributed by atoms with E-state index in [1.807, 2.05) is 31.4 Å². The van der Waals surface area contributed by atoms with Gasteiger partial charge in [-0.1, -0.05) is 19.9 Å². The summed E-state index contributed by atoms with van der Waals surface area (Å²) in [5, 5.41) is 1.96. The van der Waals surface area contributed by atoms with Gasteiger partial charge in [0.2, 0.25) is 10.0 Å². The zero-order valence-electron chi connectivity index (χ0n) is 11.6. The fourth-order valence-corrected chi connectivity index (χ4v) is 3.78. The maximum atomic E-state index is 12.1. The van der Waals surface area contributed by atoms with Gasteiger partial charge in [-0.05, 0) is 29.8 Å². The molecule has 0 aromatic carbocycles. The molecule has 0 aliphatic carbocycles. The Kier molecular flexibility index (Phi) is 7.54. The standard InChI is InChI=1S/C12H22N2O2S2.ClH/c1-12(2,9-13)10-14(3)18(15,16)8-6-11-5-4-7-17-11;/h4-5,7H,6,8-10,13H2,1-3H3;1H. The van der Waals surface area contributed by atoms with Crippen LogP contribution in [0.15, 0.2) is 17.5 Å². The molecule has 0 fully saturated rings. The lowest BCUT2D eigenvalue weighted by molar-refractivity contribution is 0.292. The smallest absolute Gasteiger partial charge is 0.214 e. The van der Waals surface area contributed by atoms with E-state index >= 15 is 0 Å². The summed E-state index contributed by atoms with van der Waals surface area (Å²) in [6, 6.07) is 3.90. The van der Waals surface area contributed by atoms with E-state index < -0.39 is 10.0 Å². The summed E-state index contributed by atoms with van der Waals surface area (Å²) < 4.78 is 25.6. The van der Waals surface area contributed by atoms with Gasteiger partial charge in [-0.3, -0.25) is 0 Å². The predicted molar refractivity (Wildman–Crippen MR) is 84.5 cm³/mol. The predicted octanol–water partition coefficient (Wildman–Crippen LogP) is 1.96. The molecule has 0 saturated heterocycles. The van der Waals surface area contributed by atoms with Gasteiger partial charge < -0.3 is 5.73 Å². The van der Waals surface area contributed by atoms with Gasteiger partial charge in [0.25, 0.3) is 0 Å². The summed E-state index contributed by atoms with van der Waals surface area (Å²) in [5.41, 5.74) is 5.44. The highest BCUT2D eigenvalue weighted by Crippen LogP contribution is 2.17. The van der Waals surface area contributed by atoms with Crippen LogP contribution < -0.4 is 5.73 Å². The average molecular weight is 327 g/mol. The normalized spacial score (nSPS) is 12.5. The molecule has 0 saturated carbocycles. The topological polar surface area (TPSA) is 63.4 Å². The minimum absolute atomic E-state index is 0. The van der Waals surface area contributed by atoms with E-state index in [1.54, 1.807) is 18.4 Å². The zero-order chi connectivity index (χ0) is 13.8. The molecule has 0 unspecified atom stereocenters.